The lowest BCUT2D eigenvalue weighted by Gasteiger charge is -2.13. The molecular weight excluding hydrogens is 572 g/mol. The topological polar surface area (TPSA) is 220 Å². The number of ether oxygens (including phenoxy) is 4. The molecule has 0 spiro atoms. The molecule has 0 saturated carbocycles. The van der Waals surface area contributed by atoms with Crippen LogP contribution in [0.25, 0.3) is 0 Å². The second kappa shape index (κ2) is 23.6. The first kappa shape index (κ1) is 37.1. The van der Waals surface area contributed by atoms with Crippen molar-refractivity contribution in [3.63, 3.8) is 0 Å². The van der Waals surface area contributed by atoms with Crippen LogP contribution in [0.2, 0.25) is 0 Å². The molecule has 7 amide bonds. The van der Waals surface area contributed by atoms with E-state index in [0.29, 0.717) is 46.1 Å². The van der Waals surface area contributed by atoms with Crippen LogP contribution < -0.4 is 26.6 Å². The van der Waals surface area contributed by atoms with E-state index in [1.54, 1.807) is 6.92 Å². The summed E-state index contributed by atoms with van der Waals surface area (Å²) < 4.78 is 21.4. The van der Waals surface area contributed by atoms with Gasteiger partial charge in [-0.1, -0.05) is 0 Å². The summed E-state index contributed by atoms with van der Waals surface area (Å²) in [6.45, 7) is 4.12. The normalized spacial score (nSPS) is 12.3. The third-order valence-corrected chi connectivity index (χ3v) is 5.33. The van der Waals surface area contributed by atoms with Gasteiger partial charge in [0.1, 0.15) is 0 Å². The summed E-state index contributed by atoms with van der Waals surface area (Å²) >= 11 is 0. The van der Waals surface area contributed by atoms with Crippen molar-refractivity contribution < 1.29 is 52.5 Å². The summed E-state index contributed by atoms with van der Waals surface area (Å²) in [7, 11) is 0. The molecule has 0 radical (unpaired) electrons. The number of carbonyl (C=O) groups is 7. The van der Waals surface area contributed by atoms with Crippen LogP contribution in [0, 0.1) is 0 Å². The fraction of sp³-hybridized carbons (Fsp3) is 0.654. The number of nitrogens with one attached hydrogen (secondary N) is 5. The summed E-state index contributed by atoms with van der Waals surface area (Å²) in [6.07, 6.45) is 2.42. The highest BCUT2D eigenvalue weighted by Crippen LogP contribution is 2.03. The molecule has 1 heterocycles. The van der Waals surface area contributed by atoms with Gasteiger partial charge in [0.05, 0.1) is 72.5 Å². The Morgan fingerprint density at radius 3 is 1.49 bits per heavy atom. The van der Waals surface area contributed by atoms with E-state index < -0.39 is 23.6 Å². The van der Waals surface area contributed by atoms with Gasteiger partial charge >= 0.3 is 0 Å². The van der Waals surface area contributed by atoms with E-state index in [4.69, 9.17) is 18.9 Å². The Kier molecular flexibility index (Phi) is 20.4. The fourth-order valence-electron chi connectivity index (χ4n) is 3.15. The molecule has 0 bridgehead atoms. The zero-order valence-electron chi connectivity index (χ0n) is 24.4. The van der Waals surface area contributed by atoms with Crippen molar-refractivity contribution in [2.45, 2.75) is 19.8 Å². The highest BCUT2D eigenvalue weighted by molar-refractivity contribution is 6.13. The minimum absolute atomic E-state index is 0.0246. The second-order valence-corrected chi connectivity index (χ2v) is 8.74. The molecule has 5 N–H and O–H groups in total. The summed E-state index contributed by atoms with van der Waals surface area (Å²) in [4.78, 5) is 81.9. The maximum atomic E-state index is 11.8. The molecule has 0 aromatic rings. The van der Waals surface area contributed by atoms with E-state index in [2.05, 4.69) is 26.6 Å². The Bertz CT molecular complexity index is 942. The lowest BCUT2D eigenvalue weighted by molar-refractivity contribution is -0.137. The van der Waals surface area contributed by atoms with Crippen LogP contribution in [-0.2, 0) is 52.5 Å². The van der Waals surface area contributed by atoms with Crippen LogP contribution in [-0.4, -0.2) is 138 Å². The predicted molar refractivity (Wildman–Crippen MR) is 149 cm³/mol. The molecule has 1 rings (SSSR count). The minimum Gasteiger partial charge on any atom is -0.379 e. The van der Waals surface area contributed by atoms with Crippen molar-refractivity contribution in [2.24, 2.45) is 0 Å². The summed E-state index contributed by atoms with van der Waals surface area (Å²) in [5.74, 6) is -2.91. The van der Waals surface area contributed by atoms with Gasteiger partial charge in [0.2, 0.25) is 29.5 Å². The molecule has 43 heavy (non-hydrogen) atoms. The summed E-state index contributed by atoms with van der Waals surface area (Å²) in [5, 5.41) is 12.3. The number of hydrogen-bond donors (Lipinski definition) is 5. The Labute approximate surface area is 249 Å². The monoisotopic (exact) mass is 614 g/mol. The number of rotatable bonds is 25. The van der Waals surface area contributed by atoms with Gasteiger partial charge in [0.15, 0.2) is 0 Å². The molecule has 0 fully saturated rings. The van der Waals surface area contributed by atoms with Crippen molar-refractivity contribution in [1.29, 1.82) is 0 Å². The van der Waals surface area contributed by atoms with E-state index in [0.717, 1.165) is 4.90 Å². The highest BCUT2D eigenvalue weighted by atomic mass is 16.6. The van der Waals surface area contributed by atoms with Crippen LogP contribution in [0.5, 0.6) is 0 Å². The van der Waals surface area contributed by atoms with E-state index in [1.807, 2.05) is 0 Å². The molecule has 0 saturated heterocycles. The number of amides is 7. The first-order chi connectivity index (χ1) is 20.7. The van der Waals surface area contributed by atoms with E-state index in [-0.39, 0.29) is 76.6 Å². The van der Waals surface area contributed by atoms with Gasteiger partial charge in [-0.25, -0.2) is 0 Å². The van der Waals surface area contributed by atoms with Crippen molar-refractivity contribution in [3.05, 3.63) is 12.2 Å². The zero-order chi connectivity index (χ0) is 31.7. The van der Waals surface area contributed by atoms with Gasteiger partial charge in [-0.05, 0) is 6.92 Å². The smallest absolute Gasteiger partial charge is 0.253 e. The van der Waals surface area contributed by atoms with Crippen molar-refractivity contribution >= 4 is 41.4 Å². The molecule has 0 unspecified atom stereocenters. The molecule has 0 aromatic heterocycles. The first-order valence-corrected chi connectivity index (χ1v) is 13.9. The fourth-order valence-corrected chi connectivity index (χ4v) is 3.15. The Morgan fingerprint density at radius 1 is 0.558 bits per heavy atom. The molecule has 1 aliphatic rings. The van der Waals surface area contributed by atoms with Gasteiger partial charge in [-0.15, -0.1) is 0 Å². The zero-order valence-corrected chi connectivity index (χ0v) is 24.4. The summed E-state index contributed by atoms with van der Waals surface area (Å²) in [6, 6.07) is 0. The molecule has 17 nitrogen and oxygen atoms in total. The minimum atomic E-state index is -0.545. The van der Waals surface area contributed by atoms with Crippen LogP contribution in [0.4, 0.5) is 0 Å². The van der Waals surface area contributed by atoms with Crippen LogP contribution in [0.15, 0.2) is 12.2 Å². The van der Waals surface area contributed by atoms with Gasteiger partial charge in [0, 0.05) is 44.6 Å². The molecule has 0 aromatic carbocycles. The maximum Gasteiger partial charge on any atom is 0.253 e. The van der Waals surface area contributed by atoms with E-state index in [9.17, 15) is 33.6 Å². The quantitative estimate of drug-likeness (QED) is 0.0499. The molecule has 17 heteroatoms. The molecule has 0 aliphatic carbocycles. The Hall–Kier alpha value is -3.93. The van der Waals surface area contributed by atoms with E-state index >= 15 is 0 Å². The number of carbonyl (C=O) groups excluding carboxylic acids is 7. The molecular formula is C26H42N6O11. The first-order valence-electron chi connectivity index (χ1n) is 13.9. The molecule has 242 valence electrons. The van der Waals surface area contributed by atoms with Gasteiger partial charge < -0.3 is 45.5 Å². The highest BCUT2D eigenvalue weighted by Gasteiger charge is 2.23. The lowest BCUT2D eigenvalue weighted by Crippen LogP contribution is -2.44. The maximum absolute atomic E-state index is 11.8. The average molecular weight is 615 g/mol. The SMILES string of the molecule is CCNC(=O)CNC(=O)CNC(=O)CNC(=O)CCOCCOCCOCCOCCNC(=O)CCN1C(=O)C=CC1=O. The third-order valence-electron chi connectivity index (χ3n) is 5.33. The van der Waals surface area contributed by atoms with E-state index in [1.165, 1.54) is 12.2 Å². The molecule has 0 atom stereocenters. The van der Waals surface area contributed by atoms with Crippen LogP contribution >= 0.6 is 0 Å². The van der Waals surface area contributed by atoms with Crippen molar-refractivity contribution in [2.75, 3.05) is 92.1 Å². The predicted octanol–water partition coefficient (Wildman–Crippen LogP) is -3.64. The number of hydrogen-bond acceptors (Lipinski definition) is 11. The number of imide groups is 1. The average Bonchev–Trinajstić information content (AvgIpc) is 3.31. The number of likely N-dealkylation sites (N-methyl/N-ethyl adjacent to an activating group) is 1. The number of nitrogens with zero attached hydrogens (tertiary/aromatic N) is 1. The summed E-state index contributed by atoms with van der Waals surface area (Å²) in [5.41, 5.74) is 0. The van der Waals surface area contributed by atoms with Crippen LogP contribution in [0.1, 0.15) is 19.8 Å². The second-order valence-electron chi connectivity index (χ2n) is 8.74. The lowest BCUT2D eigenvalue weighted by atomic mass is 10.3. The Balaban J connectivity index is 1.83. The van der Waals surface area contributed by atoms with Gasteiger partial charge in [0.25, 0.3) is 11.8 Å². The van der Waals surface area contributed by atoms with Gasteiger partial charge in [-0.3, -0.25) is 38.5 Å². The van der Waals surface area contributed by atoms with Crippen molar-refractivity contribution in [3.8, 4) is 0 Å². The van der Waals surface area contributed by atoms with Crippen LogP contribution in [0.3, 0.4) is 0 Å². The largest absolute Gasteiger partial charge is 0.379 e. The standard InChI is InChI=1S/C26H42N6O11/c1-2-27-22(35)17-30-24(37)19-31-23(36)18-29-21(34)6-9-40-11-13-42-15-16-43-14-12-41-10-7-28-20(33)5-8-32-25(38)3-4-26(32)39/h3-4H,2,5-19H2,1H3,(H,27,35)(H,28,33)(H,29,34)(H,30,37)(H,31,36). The third kappa shape index (κ3) is 19.8. The molecule has 1 aliphatic heterocycles. The van der Waals surface area contributed by atoms with Gasteiger partial charge in [-0.2, -0.15) is 0 Å². The van der Waals surface area contributed by atoms with Crippen molar-refractivity contribution in [1.82, 2.24) is 31.5 Å². The Morgan fingerprint density at radius 2 is 0.977 bits per heavy atom.